The van der Waals surface area contributed by atoms with Crippen LogP contribution >= 0.6 is 0 Å². The first-order valence-electron chi connectivity index (χ1n) is 10.8. The number of hydrogen-bond donors (Lipinski definition) is 0. The van der Waals surface area contributed by atoms with Crippen molar-refractivity contribution in [2.45, 2.75) is 57.7 Å². The van der Waals surface area contributed by atoms with Crippen LogP contribution in [-0.2, 0) is 11.2 Å². The number of alkyl halides is 3. The molecular formula is C25H24F6O2. The highest BCUT2D eigenvalue weighted by molar-refractivity contribution is 5.91. The summed E-state index contributed by atoms with van der Waals surface area (Å²) < 4.78 is 85.0. The predicted octanol–water partition coefficient (Wildman–Crippen LogP) is 7.72. The van der Waals surface area contributed by atoms with Gasteiger partial charge in [0.15, 0.2) is 0 Å². The molecule has 2 aromatic carbocycles. The van der Waals surface area contributed by atoms with Crippen molar-refractivity contribution >= 4 is 5.97 Å². The summed E-state index contributed by atoms with van der Waals surface area (Å²) in [5.41, 5.74) is 1.15. The standard InChI is InChI=1S/C25H24F6O2/c1-2-3-15-4-6-16(7-5-15)18-12-20(26)23(21(27)13-18)24(32)33-19-10-8-17(9-11-19)22(28)14-25(29,30)31/h4-7,12-14,17,19H,2-3,8-11H2,1H3/b22-14-. The average Bonchev–Trinajstić information content (AvgIpc) is 2.73. The van der Waals surface area contributed by atoms with E-state index in [0.29, 0.717) is 5.56 Å². The molecule has 1 aliphatic carbocycles. The average molecular weight is 470 g/mol. The van der Waals surface area contributed by atoms with Crippen LogP contribution in [0.15, 0.2) is 48.3 Å². The smallest absolute Gasteiger partial charge is 0.412 e. The quantitative estimate of drug-likeness (QED) is 0.319. The Kier molecular flexibility index (Phi) is 7.87. The molecule has 33 heavy (non-hydrogen) atoms. The number of allylic oxidation sites excluding steroid dienone is 2. The van der Waals surface area contributed by atoms with Crippen molar-refractivity contribution < 1.29 is 35.9 Å². The van der Waals surface area contributed by atoms with Gasteiger partial charge in [-0.3, -0.25) is 0 Å². The van der Waals surface area contributed by atoms with E-state index in [0.717, 1.165) is 30.5 Å². The minimum atomic E-state index is -4.74. The van der Waals surface area contributed by atoms with Crippen LogP contribution in [0, 0.1) is 17.6 Å². The zero-order valence-corrected chi connectivity index (χ0v) is 18.0. The molecule has 0 heterocycles. The van der Waals surface area contributed by atoms with Crippen LogP contribution in [-0.4, -0.2) is 18.2 Å². The summed E-state index contributed by atoms with van der Waals surface area (Å²) in [5.74, 6) is -5.51. The summed E-state index contributed by atoms with van der Waals surface area (Å²) in [6.45, 7) is 2.05. The van der Waals surface area contributed by atoms with E-state index in [-0.39, 0.29) is 37.3 Å². The van der Waals surface area contributed by atoms with E-state index in [1.54, 1.807) is 12.1 Å². The fourth-order valence-electron chi connectivity index (χ4n) is 4.03. The van der Waals surface area contributed by atoms with Crippen LogP contribution in [0.5, 0.6) is 0 Å². The maximum absolute atomic E-state index is 14.6. The maximum atomic E-state index is 14.6. The number of halogens is 6. The Morgan fingerprint density at radius 1 is 1.00 bits per heavy atom. The number of carbonyl (C=O) groups excluding carboxylic acids is 1. The molecule has 8 heteroatoms. The van der Waals surface area contributed by atoms with Crippen molar-refractivity contribution in [1.82, 2.24) is 0 Å². The Morgan fingerprint density at radius 2 is 1.58 bits per heavy atom. The van der Waals surface area contributed by atoms with Crippen molar-refractivity contribution in [2.24, 2.45) is 5.92 Å². The highest BCUT2D eigenvalue weighted by Gasteiger charge is 2.32. The third kappa shape index (κ3) is 6.62. The summed E-state index contributed by atoms with van der Waals surface area (Å²) >= 11 is 0. The molecule has 0 aliphatic heterocycles. The van der Waals surface area contributed by atoms with Gasteiger partial charge in [0, 0.05) is 5.92 Å². The molecule has 0 aromatic heterocycles. The molecule has 178 valence electrons. The summed E-state index contributed by atoms with van der Waals surface area (Å²) in [7, 11) is 0. The Morgan fingerprint density at radius 3 is 2.09 bits per heavy atom. The number of esters is 1. The fraction of sp³-hybridized carbons (Fsp3) is 0.400. The van der Waals surface area contributed by atoms with Gasteiger partial charge in [-0.05, 0) is 60.9 Å². The molecule has 0 radical (unpaired) electrons. The first-order valence-corrected chi connectivity index (χ1v) is 10.8. The van der Waals surface area contributed by atoms with Gasteiger partial charge in [0.2, 0.25) is 0 Å². The zero-order chi connectivity index (χ0) is 24.2. The van der Waals surface area contributed by atoms with Crippen LogP contribution in [0.3, 0.4) is 0 Å². The van der Waals surface area contributed by atoms with Gasteiger partial charge < -0.3 is 4.74 Å². The van der Waals surface area contributed by atoms with Crippen LogP contribution in [0.25, 0.3) is 11.1 Å². The SMILES string of the molecule is CCCc1ccc(-c2cc(F)c(C(=O)OC3CCC(/C(F)=C/C(F)(F)F)CC3)c(F)c2)cc1. The second kappa shape index (κ2) is 10.4. The Labute approximate surface area is 188 Å². The van der Waals surface area contributed by atoms with Crippen LogP contribution < -0.4 is 0 Å². The number of hydrogen-bond acceptors (Lipinski definition) is 2. The van der Waals surface area contributed by atoms with E-state index in [2.05, 4.69) is 0 Å². The van der Waals surface area contributed by atoms with Crippen LogP contribution in [0.4, 0.5) is 26.3 Å². The lowest BCUT2D eigenvalue weighted by Gasteiger charge is -2.27. The summed E-state index contributed by atoms with van der Waals surface area (Å²) in [5, 5.41) is 0. The van der Waals surface area contributed by atoms with Crippen molar-refractivity contribution in [3.63, 3.8) is 0 Å². The first kappa shape index (κ1) is 24.9. The molecule has 0 saturated heterocycles. The van der Waals surface area contributed by atoms with E-state index in [1.807, 2.05) is 19.1 Å². The maximum Gasteiger partial charge on any atom is 0.412 e. The highest BCUT2D eigenvalue weighted by atomic mass is 19.4. The molecule has 0 bridgehead atoms. The summed E-state index contributed by atoms with van der Waals surface area (Å²) in [6.07, 6.45) is -3.73. The number of benzene rings is 2. The molecule has 1 aliphatic rings. The van der Waals surface area contributed by atoms with E-state index < -0.39 is 47.2 Å². The van der Waals surface area contributed by atoms with Gasteiger partial charge in [-0.15, -0.1) is 0 Å². The molecule has 0 amide bonds. The molecule has 0 atom stereocenters. The molecule has 0 spiro atoms. The van der Waals surface area contributed by atoms with E-state index in [1.165, 1.54) is 0 Å². The molecular weight excluding hydrogens is 446 g/mol. The van der Waals surface area contributed by atoms with E-state index in [9.17, 15) is 31.1 Å². The van der Waals surface area contributed by atoms with E-state index in [4.69, 9.17) is 4.74 Å². The van der Waals surface area contributed by atoms with Gasteiger partial charge in [0.05, 0.1) is 6.08 Å². The van der Waals surface area contributed by atoms with E-state index >= 15 is 0 Å². The third-order valence-electron chi connectivity index (χ3n) is 5.71. The lowest BCUT2D eigenvalue weighted by molar-refractivity contribution is -0.0821. The fourth-order valence-corrected chi connectivity index (χ4v) is 4.03. The first-order chi connectivity index (χ1) is 15.6. The van der Waals surface area contributed by atoms with Crippen molar-refractivity contribution in [3.8, 4) is 11.1 Å². The Bertz CT molecular complexity index is 980. The predicted molar refractivity (Wildman–Crippen MR) is 112 cm³/mol. The summed E-state index contributed by atoms with van der Waals surface area (Å²) in [4.78, 5) is 12.4. The third-order valence-corrected chi connectivity index (χ3v) is 5.71. The lowest BCUT2D eigenvalue weighted by atomic mass is 9.86. The van der Waals surface area contributed by atoms with Gasteiger partial charge in [-0.2, -0.15) is 13.2 Å². The molecule has 2 aromatic rings. The van der Waals surface area contributed by atoms with Gasteiger partial charge in [0.1, 0.15) is 29.1 Å². The minimum absolute atomic E-state index is 0.0360. The molecule has 2 nitrogen and oxygen atoms in total. The largest absolute Gasteiger partial charge is 0.459 e. The molecule has 3 rings (SSSR count). The number of aryl methyl sites for hydroxylation is 1. The normalized spacial score (nSPS) is 19.4. The molecule has 1 saturated carbocycles. The monoisotopic (exact) mass is 470 g/mol. The zero-order valence-electron chi connectivity index (χ0n) is 18.0. The highest BCUT2D eigenvalue weighted by Crippen LogP contribution is 2.35. The van der Waals surface area contributed by atoms with Crippen LogP contribution in [0.1, 0.15) is 54.9 Å². The van der Waals surface area contributed by atoms with Crippen LogP contribution in [0.2, 0.25) is 0 Å². The second-order valence-corrected chi connectivity index (χ2v) is 8.21. The van der Waals surface area contributed by atoms with Crippen molar-refractivity contribution in [3.05, 3.63) is 71.1 Å². The van der Waals surface area contributed by atoms with Gasteiger partial charge >= 0.3 is 12.1 Å². The Hall–Kier alpha value is -2.77. The van der Waals surface area contributed by atoms with Gasteiger partial charge in [0.25, 0.3) is 0 Å². The minimum Gasteiger partial charge on any atom is -0.459 e. The topological polar surface area (TPSA) is 26.3 Å². The van der Waals surface area contributed by atoms with Crippen molar-refractivity contribution in [1.29, 1.82) is 0 Å². The van der Waals surface area contributed by atoms with Gasteiger partial charge in [-0.1, -0.05) is 37.6 Å². The lowest BCUT2D eigenvalue weighted by Crippen LogP contribution is -2.26. The second-order valence-electron chi connectivity index (χ2n) is 8.21. The molecule has 0 unspecified atom stereocenters. The summed E-state index contributed by atoms with van der Waals surface area (Å²) in [6, 6.07) is 9.37. The molecule has 0 N–H and O–H groups in total. The molecule has 1 fully saturated rings. The Balaban J connectivity index is 1.65. The number of rotatable bonds is 6. The van der Waals surface area contributed by atoms with Gasteiger partial charge in [-0.25, -0.2) is 18.0 Å². The number of carbonyl (C=O) groups is 1. The number of ether oxygens (including phenoxy) is 1. The van der Waals surface area contributed by atoms with Crippen molar-refractivity contribution in [2.75, 3.05) is 0 Å².